The van der Waals surface area contributed by atoms with Crippen molar-refractivity contribution in [3.63, 3.8) is 0 Å². The average molecular weight is 284 g/mol. The Bertz CT molecular complexity index is 507. The summed E-state index contributed by atoms with van der Waals surface area (Å²) in [6.45, 7) is 2.17. The number of nitrogens with zero attached hydrogens (tertiary/aromatic N) is 1. The number of carboxylic acids is 1. The molecule has 1 rings (SSSR count). The summed E-state index contributed by atoms with van der Waals surface area (Å²) in [5.41, 5.74) is -0.252. The molecule has 20 heavy (non-hydrogen) atoms. The lowest BCUT2D eigenvalue weighted by molar-refractivity contribution is 0.0692. The van der Waals surface area contributed by atoms with Gasteiger partial charge in [-0.15, -0.1) is 0 Å². The molecule has 0 aliphatic rings. The number of nitrogens with one attached hydrogen (secondary N) is 1. The quantitative estimate of drug-likeness (QED) is 0.867. The Morgan fingerprint density at radius 3 is 2.65 bits per heavy atom. The number of ether oxygens (including phenoxy) is 1. The molecule has 0 aliphatic carbocycles. The minimum Gasteiger partial charge on any atom is -0.478 e. The van der Waals surface area contributed by atoms with Crippen LogP contribution >= 0.6 is 0 Å². The number of aromatic carboxylic acids is 1. The average Bonchev–Trinajstić information content (AvgIpc) is 2.37. The van der Waals surface area contributed by atoms with Gasteiger partial charge in [0.1, 0.15) is 5.82 Å². The van der Waals surface area contributed by atoms with E-state index in [1.165, 1.54) is 18.1 Å². The number of hydrogen-bond donors (Lipinski definition) is 2. The molecular formula is C13H17FN2O4. The SMILES string of the molecule is COCC(C)N(C)C(=O)Nc1ccc(C(=O)O)c(F)c1. The van der Waals surface area contributed by atoms with E-state index in [0.717, 1.165) is 12.1 Å². The highest BCUT2D eigenvalue weighted by atomic mass is 19.1. The lowest BCUT2D eigenvalue weighted by Crippen LogP contribution is -2.40. The van der Waals surface area contributed by atoms with Gasteiger partial charge in [-0.2, -0.15) is 0 Å². The fourth-order valence-corrected chi connectivity index (χ4v) is 1.53. The number of carbonyl (C=O) groups excluding carboxylic acids is 1. The fourth-order valence-electron chi connectivity index (χ4n) is 1.53. The van der Waals surface area contributed by atoms with E-state index >= 15 is 0 Å². The van der Waals surface area contributed by atoms with Gasteiger partial charge in [-0.25, -0.2) is 14.0 Å². The molecule has 2 amide bonds. The van der Waals surface area contributed by atoms with E-state index in [1.807, 2.05) is 0 Å². The van der Waals surface area contributed by atoms with Gasteiger partial charge in [0.05, 0.1) is 18.2 Å². The van der Waals surface area contributed by atoms with Crippen molar-refractivity contribution >= 4 is 17.7 Å². The zero-order valence-corrected chi connectivity index (χ0v) is 11.5. The van der Waals surface area contributed by atoms with Gasteiger partial charge in [-0.05, 0) is 25.1 Å². The highest BCUT2D eigenvalue weighted by Gasteiger charge is 2.17. The lowest BCUT2D eigenvalue weighted by atomic mass is 10.2. The first-order valence-corrected chi connectivity index (χ1v) is 5.92. The molecule has 0 radical (unpaired) electrons. The van der Waals surface area contributed by atoms with Crippen molar-refractivity contribution in [3.8, 4) is 0 Å². The maximum Gasteiger partial charge on any atom is 0.338 e. The Morgan fingerprint density at radius 2 is 2.15 bits per heavy atom. The number of urea groups is 1. The first kappa shape index (κ1) is 15.9. The molecule has 6 nitrogen and oxygen atoms in total. The molecule has 0 bridgehead atoms. The highest BCUT2D eigenvalue weighted by Crippen LogP contribution is 2.15. The Hall–Kier alpha value is -2.15. The van der Waals surface area contributed by atoms with Crippen LogP contribution in [0.4, 0.5) is 14.9 Å². The third-order valence-electron chi connectivity index (χ3n) is 2.84. The van der Waals surface area contributed by atoms with Crippen molar-refractivity contribution in [1.82, 2.24) is 4.90 Å². The number of carboxylic acid groups (broad SMARTS) is 1. The number of likely N-dealkylation sites (N-methyl/N-ethyl adjacent to an activating group) is 1. The van der Waals surface area contributed by atoms with Crippen LogP contribution in [0.25, 0.3) is 0 Å². The molecular weight excluding hydrogens is 267 g/mol. The number of benzene rings is 1. The Kier molecular flexibility index (Phi) is 5.45. The standard InChI is InChI=1S/C13H17FN2O4/c1-8(7-20-3)16(2)13(19)15-9-4-5-10(12(17)18)11(14)6-9/h4-6,8H,7H2,1-3H3,(H,15,19)(H,17,18). The lowest BCUT2D eigenvalue weighted by Gasteiger charge is -2.24. The molecule has 1 atom stereocenters. The second-order valence-corrected chi connectivity index (χ2v) is 4.35. The summed E-state index contributed by atoms with van der Waals surface area (Å²) in [5.74, 6) is -2.26. The normalized spacial score (nSPS) is 11.8. The topological polar surface area (TPSA) is 78.9 Å². The zero-order valence-electron chi connectivity index (χ0n) is 11.5. The predicted octanol–water partition coefficient (Wildman–Crippen LogP) is 2.02. The Morgan fingerprint density at radius 1 is 1.50 bits per heavy atom. The zero-order chi connectivity index (χ0) is 15.3. The van der Waals surface area contributed by atoms with E-state index in [-0.39, 0.29) is 11.7 Å². The largest absolute Gasteiger partial charge is 0.478 e. The molecule has 0 aromatic heterocycles. The molecule has 0 aliphatic heterocycles. The molecule has 110 valence electrons. The maximum atomic E-state index is 13.5. The van der Waals surface area contributed by atoms with Gasteiger partial charge in [-0.3, -0.25) is 0 Å². The summed E-state index contributed by atoms with van der Waals surface area (Å²) in [5, 5.41) is 11.2. The van der Waals surface area contributed by atoms with Crippen LogP contribution in [-0.4, -0.2) is 48.8 Å². The van der Waals surface area contributed by atoms with Gasteiger partial charge < -0.3 is 20.1 Å². The molecule has 1 unspecified atom stereocenters. The fraction of sp³-hybridized carbons (Fsp3) is 0.385. The molecule has 0 saturated carbocycles. The first-order chi connectivity index (χ1) is 9.36. The molecule has 0 fully saturated rings. The minimum atomic E-state index is -1.36. The van der Waals surface area contributed by atoms with Crippen LogP contribution in [0.2, 0.25) is 0 Å². The summed E-state index contributed by atoms with van der Waals surface area (Å²) >= 11 is 0. The number of anilines is 1. The van der Waals surface area contributed by atoms with Crippen molar-refractivity contribution in [2.75, 3.05) is 26.1 Å². The third kappa shape index (κ3) is 3.92. The minimum absolute atomic E-state index is 0.150. The highest BCUT2D eigenvalue weighted by molar-refractivity contribution is 5.91. The van der Waals surface area contributed by atoms with Crippen molar-refractivity contribution in [3.05, 3.63) is 29.6 Å². The molecule has 7 heteroatoms. The van der Waals surface area contributed by atoms with Crippen LogP contribution in [0, 0.1) is 5.82 Å². The van der Waals surface area contributed by atoms with Crippen molar-refractivity contribution in [1.29, 1.82) is 0 Å². The molecule has 0 spiro atoms. The summed E-state index contributed by atoms with van der Waals surface area (Å²) in [6, 6.07) is 2.82. The maximum absolute atomic E-state index is 13.5. The van der Waals surface area contributed by atoms with Gasteiger partial charge >= 0.3 is 12.0 Å². The number of rotatable bonds is 5. The van der Waals surface area contributed by atoms with Gasteiger partial charge in [0.25, 0.3) is 0 Å². The molecule has 1 aromatic carbocycles. The molecule has 0 heterocycles. The van der Waals surface area contributed by atoms with E-state index < -0.39 is 23.4 Å². The van der Waals surface area contributed by atoms with E-state index in [2.05, 4.69) is 5.32 Å². The molecule has 0 saturated heterocycles. The van der Waals surface area contributed by atoms with E-state index in [4.69, 9.17) is 9.84 Å². The summed E-state index contributed by atoms with van der Waals surface area (Å²) < 4.78 is 18.4. The van der Waals surface area contributed by atoms with E-state index in [1.54, 1.807) is 14.0 Å². The van der Waals surface area contributed by atoms with Crippen molar-refractivity contribution in [2.24, 2.45) is 0 Å². The summed E-state index contributed by atoms with van der Waals surface area (Å²) in [7, 11) is 3.11. The first-order valence-electron chi connectivity index (χ1n) is 5.92. The van der Waals surface area contributed by atoms with Gasteiger partial charge in [0, 0.05) is 19.8 Å². The second-order valence-electron chi connectivity index (χ2n) is 4.35. The van der Waals surface area contributed by atoms with Crippen LogP contribution in [0.15, 0.2) is 18.2 Å². The summed E-state index contributed by atoms with van der Waals surface area (Å²) in [4.78, 5) is 24.0. The number of carbonyl (C=O) groups is 2. The van der Waals surface area contributed by atoms with Gasteiger partial charge in [-0.1, -0.05) is 0 Å². The molecule has 1 aromatic rings. The second kappa shape index (κ2) is 6.85. The van der Waals surface area contributed by atoms with E-state index in [9.17, 15) is 14.0 Å². The van der Waals surface area contributed by atoms with Crippen LogP contribution in [-0.2, 0) is 4.74 Å². The number of halogens is 1. The van der Waals surface area contributed by atoms with Crippen LogP contribution in [0.5, 0.6) is 0 Å². The Labute approximate surface area is 116 Å². The van der Waals surface area contributed by atoms with Gasteiger partial charge in [0.15, 0.2) is 0 Å². The predicted molar refractivity (Wildman–Crippen MR) is 71.5 cm³/mol. The van der Waals surface area contributed by atoms with Crippen LogP contribution in [0.1, 0.15) is 17.3 Å². The van der Waals surface area contributed by atoms with Gasteiger partial charge in [0.2, 0.25) is 0 Å². The Balaban J connectivity index is 2.76. The smallest absolute Gasteiger partial charge is 0.338 e. The van der Waals surface area contributed by atoms with Crippen LogP contribution in [0.3, 0.4) is 0 Å². The van der Waals surface area contributed by atoms with Crippen molar-refractivity contribution in [2.45, 2.75) is 13.0 Å². The number of methoxy groups -OCH3 is 1. The monoisotopic (exact) mass is 284 g/mol. The number of amides is 2. The number of hydrogen-bond acceptors (Lipinski definition) is 3. The summed E-state index contributed by atoms with van der Waals surface area (Å²) in [6.07, 6.45) is 0. The third-order valence-corrected chi connectivity index (χ3v) is 2.84. The molecule has 2 N–H and O–H groups in total. The van der Waals surface area contributed by atoms with Crippen molar-refractivity contribution < 1.29 is 23.8 Å². The van der Waals surface area contributed by atoms with Crippen LogP contribution < -0.4 is 5.32 Å². The van der Waals surface area contributed by atoms with E-state index in [0.29, 0.717) is 6.61 Å².